The molecule has 23 heavy (non-hydrogen) atoms. The minimum Gasteiger partial charge on any atom is -0.365 e. The van der Waals surface area contributed by atoms with Crippen molar-refractivity contribution in [3.8, 4) is 0 Å². The molecule has 0 aliphatic rings. The first-order valence-corrected chi connectivity index (χ1v) is 8.40. The van der Waals surface area contributed by atoms with Gasteiger partial charge in [-0.2, -0.15) is 0 Å². The molecule has 9 heteroatoms. The molecule has 0 radical (unpaired) electrons. The molecule has 0 fully saturated rings. The van der Waals surface area contributed by atoms with Gasteiger partial charge in [0.1, 0.15) is 5.49 Å². The van der Waals surface area contributed by atoms with Gasteiger partial charge < -0.3 is 14.9 Å². The lowest BCUT2D eigenvalue weighted by atomic mass is 10.1. The number of nitrogens with zero attached hydrogens (tertiary/aromatic N) is 1. The quantitative estimate of drug-likeness (QED) is 0.698. The van der Waals surface area contributed by atoms with Crippen LogP contribution in [0.4, 0.5) is 0 Å². The number of benzene rings is 1. The predicted molar refractivity (Wildman–Crippen MR) is 88.8 cm³/mol. The lowest BCUT2D eigenvalue weighted by molar-refractivity contribution is 0.0997. The molecule has 0 spiro atoms. The number of carbonyl (C=O) groups is 1. The van der Waals surface area contributed by atoms with Gasteiger partial charge in [-0.15, -0.1) is 0 Å². The standard InChI is InChI=1S/C14H13Cl2N3O3S/c15-10-2-1-8(9(3-10)7-23(21)22)5-19-6-11(16)4-12(13(19)17)14(18)20/h1-4,6,17H,5,7H2,(H2,18,20)(H,21,22). The molecule has 0 saturated carbocycles. The van der Waals surface area contributed by atoms with Gasteiger partial charge in [0.15, 0.2) is 11.1 Å². The first-order chi connectivity index (χ1) is 10.8. The Morgan fingerprint density at radius 2 is 1.96 bits per heavy atom. The van der Waals surface area contributed by atoms with E-state index in [4.69, 9.17) is 38.9 Å². The van der Waals surface area contributed by atoms with Gasteiger partial charge in [-0.25, -0.2) is 4.21 Å². The third-order valence-corrected chi connectivity index (χ3v) is 4.16. The van der Waals surface area contributed by atoms with Crippen molar-refractivity contribution in [2.24, 2.45) is 5.73 Å². The summed E-state index contributed by atoms with van der Waals surface area (Å²) in [5.41, 5.74) is 6.41. The third kappa shape index (κ3) is 4.42. The van der Waals surface area contributed by atoms with Crippen molar-refractivity contribution in [1.29, 1.82) is 5.41 Å². The van der Waals surface area contributed by atoms with Gasteiger partial charge in [-0.3, -0.25) is 10.2 Å². The van der Waals surface area contributed by atoms with Crippen LogP contribution in [0.25, 0.3) is 0 Å². The molecule has 0 bridgehead atoms. The highest BCUT2D eigenvalue weighted by atomic mass is 35.5. The number of nitrogens with two attached hydrogens (primary N) is 1. The topological polar surface area (TPSA) is 109 Å². The minimum absolute atomic E-state index is 0.00116. The smallest absolute Gasteiger partial charge is 0.252 e. The molecule has 1 aromatic heterocycles. The first-order valence-electron chi connectivity index (χ1n) is 6.37. The molecular weight excluding hydrogens is 361 g/mol. The number of pyridine rings is 1. The highest BCUT2D eigenvalue weighted by Gasteiger charge is 2.11. The Hall–Kier alpha value is -1.67. The number of carbonyl (C=O) groups excluding carboxylic acids is 1. The van der Waals surface area contributed by atoms with Crippen LogP contribution in [-0.4, -0.2) is 19.2 Å². The highest BCUT2D eigenvalue weighted by molar-refractivity contribution is 7.78. The van der Waals surface area contributed by atoms with Crippen molar-refractivity contribution in [2.75, 3.05) is 0 Å². The van der Waals surface area contributed by atoms with Gasteiger partial charge in [-0.1, -0.05) is 29.3 Å². The van der Waals surface area contributed by atoms with Crippen molar-refractivity contribution >= 4 is 40.2 Å². The summed E-state index contributed by atoms with van der Waals surface area (Å²) >= 11 is 9.85. The predicted octanol–water partition coefficient (Wildman–Crippen LogP) is 2.14. The lowest BCUT2D eigenvalue weighted by Crippen LogP contribution is -2.30. The molecule has 1 unspecified atom stereocenters. The van der Waals surface area contributed by atoms with Crippen LogP contribution in [0.5, 0.6) is 0 Å². The molecule has 122 valence electrons. The number of primary amides is 1. The summed E-state index contributed by atoms with van der Waals surface area (Å²) in [4.78, 5) is 11.4. The number of rotatable bonds is 5. The van der Waals surface area contributed by atoms with E-state index in [0.717, 1.165) is 0 Å². The zero-order valence-corrected chi connectivity index (χ0v) is 14.1. The fourth-order valence-electron chi connectivity index (χ4n) is 2.12. The molecule has 2 aromatic rings. The molecule has 0 aliphatic carbocycles. The van der Waals surface area contributed by atoms with Crippen LogP contribution in [0.3, 0.4) is 0 Å². The molecule has 1 atom stereocenters. The number of hydrogen-bond acceptors (Lipinski definition) is 3. The van der Waals surface area contributed by atoms with Crippen molar-refractivity contribution in [1.82, 2.24) is 4.57 Å². The number of aromatic nitrogens is 1. The summed E-state index contributed by atoms with van der Waals surface area (Å²) in [6.45, 7) is 0.184. The van der Waals surface area contributed by atoms with Crippen molar-refractivity contribution in [3.05, 3.63) is 62.7 Å². The van der Waals surface area contributed by atoms with E-state index >= 15 is 0 Å². The van der Waals surface area contributed by atoms with Crippen LogP contribution in [0.2, 0.25) is 10.0 Å². The minimum atomic E-state index is -2.03. The van der Waals surface area contributed by atoms with Gasteiger partial charge in [0.2, 0.25) is 0 Å². The fourth-order valence-corrected chi connectivity index (χ4v) is 3.08. The summed E-state index contributed by atoms with van der Waals surface area (Å²) in [6.07, 6.45) is 1.49. The summed E-state index contributed by atoms with van der Waals surface area (Å²) in [6, 6.07) is 6.26. The van der Waals surface area contributed by atoms with Crippen LogP contribution >= 0.6 is 23.2 Å². The van der Waals surface area contributed by atoms with Gasteiger partial charge in [-0.05, 0) is 29.3 Å². The van der Waals surface area contributed by atoms with Crippen molar-refractivity contribution < 1.29 is 13.6 Å². The maximum atomic E-state index is 11.4. The second kappa shape index (κ2) is 7.27. The molecule has 4 N–H and O–H groups in total. The zero-order valence-electron chi connectivity index (χ0n) is 11.8. The molecule has 2 rings (SSSR count). The SMILES string of the molecule is N=c1c(C(N)=O)cc(Cl)cn1Cc1ccc(Cl)cc1CS(=O)O. The Labute approximate surface area is 144 Å². The Morgan fingerprint density at radius 1 is 1.26 bits per heavy atom. The average Bonchev–Trinajstić information content (AvgIpc) is 2.44. The number of hydrogen-bond donors (Lipinski definition) is 3. The van der Waals surface area contributed by atoms with E-state index in [1.54, 1.807) is 18.2 Å². The maximum absolute atomic E-state index is 11.4. The van der Waals surface area contributed by atoms with Crippen LogP contribution in [0.15, 0.2) is 30.5 Å². The Bertz CT molecular complexity index is 852. The molecule has 1 amide bonds. The number of halogens is 2. The van der Waals surface area contributed by atoms with Gasteiger partial charge in [0.05, 0.1) is 16.3 Å². The highest BCUT2D eigenvalue weighted by Crippen LogP contribution is 2.19. The van der Waals surface area contributed by atoms with Gasteiger partial charge in [0, 0.05) is 17.8 Å². The molecular formula is C14H13Cl2N3O3S. The maximum Gasteiger partial charge on any atom is 0.252 e. The van der Waals surface area contributed by atoms with Gasteiger partial charge in [0.25, 0.3) is 5.91 Å². The van der Waals surface area contributed by atoms with E-state index in [-0.39, 0.29) is 28.4 Å². The Morgan fingerprint density at radius 3 is 2.57 bits per heavy atom. The van der Waals surface area contributed by atoms with E-state index < -0.39 is 17.0 Å². The molecule has 6 nitrogen and oxygen atoms in total. The fraction of sp³-hybridized carbons (Fsp3) is 0.143. The summed E-state index contributed by atoms with van der Waals surface area (Å²) in [7, 11) is 0. The summed E-state index contributed by atoms with van der Waals surface area (Å²) in [5, 5.41) is 8.74. The average molecular weight is 374 g/mol. The molecule has 1 heterocycles. The lowest BCUT2D eigenvalue weighted by Gasteiger charge is -2.13. The Balaban J connectivity index is 2.50. The Kier molecular flexibility index (Phi) is 5.59. The largest absolute Gasteiger partial charge is 0.365 e. The van der Waals surface area contributed by atoms with Crippen molar-refractivity contribution in [3.63, 3.8) is 0 Å². The van der Waals surface area contributed by atoms with E-state index in [1.807, 2.05) is 0 Å². The first kappa shape index (κ1) is 17.7. The van der Waals surface area contributed by atoms with E-state index in [0.29, 0.717) is 16.1 Å². The summed E-state index contributed by atoms with van der Waals surface area (Å²) < 4.78 is 21.6. The van der Waals surface area contributed by atoms with Crippen LogP contribution in [-0.2, 0) is 23.4 Å². The van der Waals surface area contributed by atoms with Gasteiger partial charge >= 0.3 is 0 Å². The van der Waals surface area contributed by atoms with E-state index in [1.165, 1.54) is 16.8 Å². The summed E-state index contributed by atoms with van der Waals surface area (Å²) in [5.74, 6) is -0.841. The second-order valence-corrected chi connectivity index (χ2v) is 6.60. The third-order valence-electron chi connectivity index (χ3n) is 3.16. The monoisotopic (exact) mass is 373 g/mol. The van der Waals surface area contributed by atoms with Crippen LogP contribution < -0.4 is 11.2 Å². The number of amides is 1. The van der Waals surface area contributed by atoms with Crippen molar-refractivity contribution in [2.45, 2.75) is 12.3 Å². The second-order valence-electron chi connectivity index (χ2n) is 4.79. The normalized spacial score (nSPS) is 12.1. The number of nitrogens with one attached hydrogen (secondary N) is 1. The van der Waals surface area contributed by atoms with E-state index in [9.17, 15) is 9.00 Å². The van der Waals surface area contributed by atoms with E-state index in [2.05, 4.69) is 0 Å². The molecule has 0 saturated heterocycles. The molecule has 0 aliphatic heterocycles. The molecule has 1 aromatic carbocycles. The van der Waals surface area contributed by atoms with Crippen LogP contribution in [0.1, 0.15) is 21.5 Å². The van der Waals surface area contributed by atoms with Crippen LogP contribution in [0, 0.1) is 5.41 Å². The zero-order chi connectivity index (χ0) is 17.1.